The highest BCUT2D eigenvalue weighted by Gasteiger charge is 2.21. The second kappa shape index (κ2) is 3.81. The SMILES string of the molecule is CC(C)c1nc(C(C)(C)C)c2sccc2n1. The Kier molecular flexibility index (Phi) is 2.74. The predicted molar refractivity (Wildman–Crippen MR) is 70.2 cm³/mol. The fraction of sp³-hybridized carbons (Fsp3) is 0.538. The summed E-state index contributed by atoms with van der Waals surface area (Å²) >= 11 is 1.74. The van der Waals surface area contributed by atoms with Crippen molar-refractivity contribution in [1.29, 1.82) is 0 Å². The van der Waals surface area contributed by atoms with E-state index in [2.05, 4.69) is 51.0 Å². The number of thiophene rings is 1. The molecule has 3 heteroatoms. The highest BCUT2D eigenvalue weighted by atomic mass is 32.1. The Hall–Kier alpha value is -0.960. The molecule has 0 radical (unpaired) electrons. The van der Waals surface area contributed by atoms with Gasteiger partial charge in [-0.25, -0.2) is 9.97 Å². The van der Waals surface area contributed by atoms with Crippen molar-refractivity contribution in [2.45, 2.75) is 46.0 Å². The molecule has 2 rings (SSSR count). The molecule has 0 fully saturated rings. The van der Waals surface area contributed by atoms with Crippen LogP contribution in [0.25, 0.3) is 10.2 Å². The third-order valence-electron chi connectivity index (χ3n) is 2.55. The van der Waals surface area contributed by atoms with E-state index >= 15 is 0 Å². The molecule has 0 amide bonds. The fourth-order valence-electron chi connectivity index (χ4n) is 1.65. The third kappa shape index (κ3) is 1.96. The van der Waals surface area contributed by atoms with E-state index in [0.29, 0.717) is 5.92 Å². The van der Waals surface area contributed by atoms with Crippen LogP contribution in [0.1, 0.15) is 52.1 Å². The van der Waals surface area contributed by atoms with Gasteiger partial charge in [-0.2, -0.15) is 0 Å². The molecule has 0 unspecified atom stereocenters. The minimum atomic E-state index is 0.0791. The largest absolute Gasteiger partial charge is 0.236 e. The van der Waals surface area contributed by atoms with E-state index in [-0.39, 0.29) is 5.41 Å². The standard InChI is InChI=1S/C13H18N2S/c1-8(2)12-14-9-6-7-16-10(9)11(15-12)13(3,4)5/h6-8H,1-5H3. The van der Waals surface area contributed by atoms with Crippen LogP contribution in [0.5, 0.6) is 0 Å². The molecule has 0 spiro atoms. The summed E-state index contributed by atoms with van der Waals surface area (Å²) in [4.78, 5) is 9.35. The van der Waals surface area contributed by atoms with Gasteiger partial charge in [0.25, 0.3) is 0 Å². The second-order valence-electron chi connectivity index (χ2n) is 5.47. The lowest BCUT2D eigenvalue weighted by atomic mass is 9.91. The van der Waals surface area contributed by atoms with Crippen molar-refractivity contribution in [3.8, 4) is 0 Å². The molecular formula is C13H18N2S. The zero-order chi connectivity index (χ0) is 11.9. The van der Waals surface area contributed by atoms with Crippen molar-refractivity contribution in [3.63, 3.8) is 0 Å². The molecule has 0 N–H and O–H groups in total. The quantitative estimate of drug-likeness (QED) is 0.742. The summed E-state index contributed by atoms with van der Waals surface area (Å²) in [5.41, 5.74) is 2.35. The van der Waals surface area contributed by atoms with E-state index in [1.807, 2.05) is 0 Å². The van der Waals surface area contributed by atoms with Gasteiger partial charge in [-0.3, -0.25) is 0 Å². The lowest BCUT2D eigenvalue weighted by molar-refractivity contribution is 0.567. The first kappa shape index (κ1) is 11.5. The average molecular weight is 234 g/mol. The number of aromatic nitrogens is 2. The van der Waals surface area contributed by atoms with Gasteiger partial charge in [-0.05, 0) is 11.4 Å². The van der Waals surface area contributed by atoms with Crippen LogP contribution >= 0.6 is 11.3 Å². The van der Waals surface area contributed by atoms with E-state index in [9.17, 15) is 0 Å². The molecule has 0 atom stereocenters. The Morgan fingerprint density at radius 3 is 2.44 bits per heavy atom. The van der Waals surface area contributed by atoms with E-state index < -0.39 is 0 Å². The maximum absolute atomic E-state index is 4.74. The van der Waals surface area contributed by atoms with Gasteiger partial charge in [0.05, 0.1) is 15.9 Å². The molecule has 16 heavy (non-hydrogen) atoms. The van der Waals surface area contributed by atoms with Gasteiger partial charge in [-0.1, -0.05) is 34.6 Å². The molecule has 0 aliphatic carbocycles. The number of hydrogen-bond acceptors (Lipinski definition) is 3. The van der Waals surface area contributed by atoms with Gasteiger partial charge in [0.15, 0.2) is 0 Å². The third-order valence-corrected chi connectivity index (χ3v) is 3.46. The van der Waals surface area contributed by atoms with E-state index in [1.165, 1.54) is 10.4 Å². The van der Waals surface area contributed by atoms with Crippen molar-refractivity contribution < 1.29 is 0 Å². The number of rotatable bonds is 1. The second-order valence-corrected chi connectivity index (χ2v) is 6.39. The van der Waals surface area contributed by atoms with Gasteiger partial charge in [0, 0.05) is 11.3 Å². The van der Waals surface area contributed by atoms with Crippen LogP contribution in [-0.4, -0.2) is 9.97 Å². The molecule has 0 saturated heterocycles. The highest BCUT2D eigenvalue weighted by molar-refractivity contribution is 7.17. The molecule has 0 saturated carbocycles. The van der Waals surface area contributed by atoms with Gasteiger partial charge in [0.2, 0.25) is 0 Å². The predicted octanol–water partition coefficient (Wildman–Crippen LogP) is 4.11. The Labute approximate surface area is 101 Å². The summed E-state index contributed by atoms with van der Waals surface area (Å²) in [6.07, 6.45) is 0. The van der Waals surface area contributed by atoms with Crippen LogP contribution < -0.4 is 0 Å². The van der Waals surface area contributed by atoms with Crippen LogP contribution in [0.15, 0.2) is 11.4 Å². The molecule has 2 aromatic rings. The first-order chi connectivity index (χ1) is 7.39. The van der Waals surface area contributed by atoms with Crippen molar-refractivity contribution in [2.24, 2.45) is 0 Å². The summed E-state index contributed by atoms with van der Waals surface area (Å²) in [6, 6.07) is 2.09. The number of hydrogen-bond donors (Lipinski definition) is 0. The summed E-state index contributed by atoms with van der Waals surface area (Å²) in [6.45, 7) is 10.9. The molecule has 0 aromatic carbocycles. The molecule has 2 nitrogen and oxygen atoms in total. The molecule has 2 heterocycles. The van der Waals surface area contributed by atoms with Crippen LogP contribution in [-0.2, 0) is 5.41 Å². The molecular weight excluding hydrogens is 216 g/mol. The zero-order valence-electron chi connectivity index (χ0n) is 10.5. The van der Waals surface area contributed by atoms with Crippen LogP contribution in [0.3, 0.4) is 0 Å². The monoisotopic (exact) mass is 234 g/mol. The highest BCUT2D eigenvalue weighted by Crippen LogP contribution is 2.32. The average Bonchev–Trinajstić information content (AvgIpc) is 2.61. The van der Waals surface area contributed by atoms with Crippen LogP contribution in [0.4, 0.5) is 0 Å². The molecule has 86 valence electrons. The number of fused-ring (bicyclic) bond motifs is 1. The Morgan fingerprint density at radius 2 is 1.88 bits per heavy atom. The first-order valence-electron chi connectivity index (χ1n) is 5.65. The Bertz CT molecular complexity index is 506. The van der Waals surface area contributed by atoms with E-state index in [0.717, 1.165) is 11.3 Å². The Balaban J connectivity index is 2.74. The van der Waals surface area contributed by atoms with Gasteiger partial charge in [0.1, 0.15) is 5.82 Å². The maximum atomic E-state index is 4.74. The number of nitrogens with zero attached hydrogens (tertiary/aromatic N) is 2. The molecule has 0 aliphatic rings. The summed E-state index contributed by atoms with van der Waals surface area (Å²) in [5.74, 6) is 1.33. The van der Waals surface area contributed by atoms with Gasteiger partial charge >= 0.3 is 0 Å². The van der Waals surface area contributed by atoms with Crippen molar-refractivity contribution in [2.75, 3.05) is 0 Å². The minimum absolute atomic E-state index is 0.0791. The zero-order valence-corrected chi connectivity index (χ0v) is 11.4. The normalized spacial score (nSPS) is 12.6. The molecule has 0 bridgehead atoms. The van der Waals surface area contributed by atoms with Crippen LogP contribution in [0, 0.1) is 0 Å². The minimum Gasteiger partial charge on any atom is -0.236 e. The summed E-state index contributed by atoms with van der Waals surface area (Å²) < 4.78 is 1.23. The summed E-state index contributed by atoms with van der Waals surface area (Å²) in [5, 5.41) is 2.10. The Morgan fingerprint density at radius 1 is 1.19 bits per heavy atom. The fourth-order valence-corrected chi connectivity index (χ4v) is 2.68. The first-order valence-corrected chi connectivity index (χ1v) is 6.53. The van der Waals surface area contributed by atoms with E-state index in [1.54, 1.807) is 11.3 Å². The van der Waals surface area contributed by atoms with Crippen molar-refractivity contribution >= 4 is 21.6 Å². The maximum Gasteiger partial charge on any atom is 0.131 e. The van der Waals surface area contributed by atoms with Crippen molar-refractivity contribution in [1.82, 2.24) is 9.97 Å². The molecule has 2 aromatic heterocycles. The topological polar surface area (TPSA) is 25.8 Å². The van der Waals surface area contributed by atoms with E-state index in [4.69, 9.17) is 4.98 Å². The lowest BCUT2D eigenvalue weighted by Gasteiger charge is -2.19. The lowest BCUT2D eigenvalue weighted by Crippen LogP contribution is -2.16. The van der Waals surface area contributed by atoms with Crippen LogP contribution in [0.2, 0.25) is 0 Å². The van der Waals surface area contributed by atoms with Gasteiger partial charge in [-0.15, -0.1) is 11.3 Å². The smallest absolute Gasteiger partial charge is 0.131 e. The van der Waals surface area contributed by atoms with Gasteiger partial charge < -0.3 is 0 Å². The summed E-state index contributed by atoms with van der Waals surface area (Å²) in [7, 11) is 0. The molecule has 0 aliphatic heterocycles. The van der Waals surface area contributed by atoms with Crippen molar-refractivity contribution in [3.05, 3.63) is 23.0 Å².